The van der Waals surface area contributed by atoms with Crippen molar-refractivity contribution in [1.29, 1.82) is 0 Å². The minimum Gasteiger partial charge on any atom is -0.345 e. The van der Waals surface area contributed by atoms with Crippen molar-refractivity contribution in [2.75, 3.05) is 4.72 Å². The van der Waals surface area contributed by atoms with Gasteiger partial charge in [-0.2, -0.15) is 0 Å². The summed E-state index contributed by atoms with van der Waals surface area (Å²) in [4.78, 5) is 12.8. The van der Waals surface area contributed by atoms with Crippen molar-refractivity contribution in [3.05, 3.63) is 94.5 Å². The minimum absolute atomic E-state index is 0.0961. The molecule has 7 heteroatoms. The van der Waals surface area contributed by atoms with Crippen molar-refractivity contribution in [1.82, 2.24) is 5.32 Å². The zero-order valence-electron chi connectivity index (χ0n) is 16.7. The number of sulfonamides is 1. The lowest BCUT2D eigenvalue weighted by Gasteiger charge is -2.18. The van der Waals surface area contributed by atoms with Gasteiger partial charge in [-0.1, -0.05) is 48.4 Å². The Morgan fingerprint density at radius 1 is 0.933 bits per heavy atom. The molecule has 0 aromatic heterocycles. The molecule has 0 aliphatic carbocycles. The number of anilines is 1. The third-order valence-corrected chi connectivity index (χ3v) is 6.37. The number of halogens is 1. The summed E-state index contributed by atoms with van der Waals surface area (Å²) in [6.07, 6.45) is 0.758. The summed E-state index contributed by atoms with van der Waals surface area (Å²) in [7, 11) is -3.73. The van der Waals surface area contributed by atoms with Crippen LogP contribution in [0.3, 0.4) is 0 Å². The average molecular weight is 443 g/mol. The first-order valence-electron chi connectivity index (χ1n) is 9.54. The standard InChI is InChI=1S/C23H23ClN2O3S/c1-3-22(17-6-4-16(2)5-7-17)25-23(27)18-8-12-20(13-9-18)26-30(28,29)21-14-10-19(24)11-15-21/h4-15,22,26H,3H2,1-2H3,(H,25,27)/t22-/m0/s1. The van der Waals surface area contributed by atoms with Gasteiger partial charge in [0.1, 0.15) is 0 Å². The van der Waals surface area contributed by atoms with Gasteiger partial charge in [-0.15, -0.1) is 0 Å². The summed E-state index contributed by atoms with van der Waals surface area (Å²) < 4.78 is 27.4. The molecule has 5 nitrogen and oxygen atoms in total. The van der Waals surface area contributed by atoms with Crippen LogP contribution in [0, 0.1) is 6.92 Å². The van der Waals surface area contributed by atoms with Crippen molar-refractivity contribution < 1.29 is 13.2 Å². The molecule has 0 radical (unpaired) electrons. The van der Waals surface area contributed by atoms with Gasteiger partial charge in [-0.3, -0.25) is 9.52 Å². The molecular weight excluding hydrogens is 420 g/mol. The van der Waals surface area contributed by atoms with Crippen molar-refractivity contribution in [3.63, 3.8) is 0 Å². The molecule has 1 amide bonds. The summed E-state index contributed by atoms with van der Waals surface area (Å²) in [5.41, 5.74) is 3.03. The maximum absolute atomic E-state index is 12.6. The fourth-order valence-corrected chi connectivity index (χ4v) is 4.16. The molecule has 3 rings (SSSR count). The van der Waals surface area contributed by atoms with Crippen LogP contribution in [0.5, 0.6) is 0 Å². The quantitative estimate of drug-likeness (QED) is 0.519. The average Bonchev–Trinajstić information content (AvgIpc) is 2.73. The fraction of sp³-hybridized carbons (Fsp3) is 0.174. The first kappa shape index (κ1) is 21.9. The SMILES string of the molecule is CC[C@H](NC(=O)c1ccc(NS(=O)(=O)c2ccc(Cl)cc2)cc1)c1ccc(C)cc1. The molecule has 0 unspecified atom stereocenters. The number of benzene rings is 3. The molecule has 0 fully saturated rings. The molecule has 0 saturated carbocycles. The number of aryl methyl sites for hydroxylation is 1. The molecule has 0 saturated heterocycles. The highest BCUT2D eigenvalue weighted by Crippen LogP contribution is 2.20. The van der Waals surface area contributed by atoms with Gasteiger partial charge in [-0.05, 0) is 67.4 Å². The van der Waals surface area contributed by atoms with E-state index in [1.54, 1.807) is 24.3 Å². The lowest BCUT2D eigenvalue weighted by molar-refractivity contribution is 0.0935. The number of nitrogens with one attached hydrogen (secondary N) is 2. The van der Waals surface area contributed by atoms with Crippen LogP contribution in [0.15, 0.2) is 77.7 Å². The number of carbonyl (C=O) groups is 1. The molecule has 0 bridgehead atoms. The Balaban J connectivity index is 1.69. The monoisotopic (exact) mass is 442 g/mol. The van der Waals surface area contributed by atoms with E-state index in [1.807, 2.05) is 38.1 Å². The molecule has 0 aliphatic rings. The van der Waals surface area contributed by atoms with E-state index in [0.717, 1.165) is 17.5 Å². The van der Waals surface area contributed by atoms with E-state index in [1.165, 1.54) is 24.3 Å². The van der Waals surface area contributed by atoms with E-state index >= 15 is 0 Å². The molecule has 156 valence electrons. The highest BCUT2D eigenvalue weighted by atomic mass is 35.5. The van der Waals surface area contributed by atoms with Crippen LogP contribution in [-0.4, -0.2) is 14.3 Å². The Bertz CT molecular complexity index is 1110. The summed E-state index contributed by atoms with van der Waals surface area (Å²) in [5.74, 6) is -0.213. The van der Waals surface area contributed by atoms with Crippen molar-refractivity contribution in [2.45, 2.75) is 31.2 Å². The van der Waals surface area contributed by atoms with Gasteiger partial charge in [0.15, 0.2) is 0 Å². The lowest BCUT2D eigenvalue weighted by Crippen LogP contribution is -2.28. The fourth-order valence-electron chi connectivity index (χ4n) is 2.98. The Kier molecular flexibility index (Phi) is 6.80. The van der Waals surface area contributed by atoms with E-state index in [0.29, 0.717) is 16.3 Å². The number of hydrogen-bond acceptors (Lipinski definition) is 3. The second-order valence-electron chi connectivity index (χ2n) is 6.98. The van der Waals surface area contributed by atoms with E-state index in [9.17, 15) is 13.2 Å². The first-order chi connectivity index (χ1) is 14.3. The van der Waals surface area contributed by atoms with Crippen LogP contribution in [0.4, 0.5) is 5.69 Å². The minimum atomic E-state index is -3.73. The molecule has 3 aromatic carbocycles. The normalized spacial score (nSPS) is 12.2. The zero-order chi connectivity index (χ0) is 21.7. The molecular formula is C23H23ClN2O3S. The maximum Gasteiger partial charge on any atom is 0.261 e. The summed E-state index contributed by atoms with van der Waals surface area (Å²) in [6.45, 7) is 4.03. The Hall–Kier alpha value is -2.83. The molecule has 1 atom stereocenters. The van der Waals surface area contributed by atoms with Crippen LogP contribution in [0.25, 0.3) is 0 Å². The second kappa shape index (κ2) is 9.32. The highest BCUT2D eigenvalue weighted by Gasteiger charge is 2.16. The maximum atomic E-state index is 12.6. The van der Waals surface area contributed by atoms with Crippen LogP contribution in [-0.2, 0) is 10.0 Å². The van der Waals surface area contributed by atoms with Crippen molar-refractivity contribution in [3.8, 4) is 0 Å². The van der Waals surface area contributed by atoms with Gasteiger partial charge < -0.3 is 5.32 Å². The predicted octanol–water partition coefficient (Wildman–Crippen LogP) is 5.33. The van der Waals surface area contributed by atoms with E-state index < -0.39 is 10.0 Å². The Labute approximate surface area is 182 Å². The van der Waals surface area contributed by atoms with Crippen molar-refractivity contribution >= 4 is 33.2 Å². The largest absolute Gasteiger partial charge is 0.345 e. The van der Waals surface area contributed by atoms with Gasteiger partial charge >= 0.3 is 0 Å². The Morgan fingerprint density at radius 3 is 2.10 bits per heavy atom. The van der Waals surface area contributed by atoms with E-state index in [2.05, 4.69) is 10.0 Å². The third kappa shape index (κ3) is 5.40. The third-order valence-electron chi connectivity index (χ3n) is 4.72. The van der Waals surface area contributed by atoms with Crippen LogP contribution < -0.4 is 10.0 Å². The van der Waals surface area contributed by atoms with Crippen LogP contribution in [0.2, 0.25) is 5.02 Å². The number of rotatable bonds is 7. The molecule has 2 N–H and O–H groups in total. The zero-order valence-corrected chi connectivity index (χ0v) is 18.3. The van der Waals surface area contributed by atoms with Crippen LogP contribution >= 0.6 is 11.6 Å². The molecule has 0 spiro atoms. The highest BCUT2D eigenvalue weighted by molar-refractivity contribution is 7.92. The van der Waals surface area contributed by atoms with E-state index in [4.69, 9.17) is 11.6 Å². The molecule has 3 aromatic rings. The molecule has 0 heterocycles. The molecule has 30 heavy (non-hydrogen) atoms. The molecule has 0 aliphatic heterocycles. The van der Waals surface area contributed by atoms with Gasteiger partial charge in [-0.25, -0.2) is 8.42 Å². The first-order valence-corrected chi connectivity index (χ1v) is 11.4. The predicted molar refractivity (Wildman–Crippen MR) is 120 cm³/mol. The summed E-state index contributed by atoms with van der Waals surface area (Å²) in [6, 6.07) is 20.2. The lowest BCUT2D eigenvalue weighted by atomic mass is 10.0. The van der Waals surface area contributed by atoms with Gasteiger partial charge in [0.05, 0.1) is 10.9 Å². The summed E-state index contributed by atoms with van der Waals surface area (Å²) in [5, 5.41) is 3.49. The van der Waals surface area contributed by atoms with Crippen LogP contribution in [0.1, 0.15) is 40.9 Å². The summed E-state index contributed by atoms with van der Waals surface area (Å²) >= 11 is 5.81. The van der Waals surface area contributed by atoms with Gasteiger partial charge in [0.2, 0.25) is 0 Å². The topological polar surface area (TPSA) is 75.3 Å². The number of carbonyl (C=O) groups excluding carboxylic acids is 1. The van der Waals surface area contributed by atoms with Crippen molar-refractivity contribution in [2.24, 2.45) is 0 Å². The number of hydrogen-bond donors (Lipinski definition) is 2. The van der Waals surface area contributed by atoms with Gasteiger partial charge in [0.25, 0.3) is 15.9 Å². The van der Waals surface area contributed by atoms with E-state index in [-0.39, 0.29) is 16.8 Å². The second-order valence-corrected chi connectivity index (χ2v) is 9.10. The smallest absolute Gasteiger partial charge is 0.261 e. The number of amides is 1. The Morgan fingerprint density at radius 2 is 1.53 bits per heavy atom. The van der Waals surface area contributed by atoms with Gasteiger partial charge in [0, 0.05) is 16.3 Å².